The van der Waals surface area contributed by atoms with Crippen LogP contribution in [0.1, 0.15) is 54.4 Å². The Balaban J connectivity index is 1.14. The number of aryl methyl sites for hydroxylation is 1. The largest absolute Gasteiger partial charge is 0.471 e. The van der Waals surface area contributed by atoms with Crippen molar-refractivity contribution in [3.63, 3.8) is 0 Å². The Bertz CT molecular complexity index is 1780. The number of nitrogens with one attached hydrogen (secondary N) is 1. The number of benzene rings is 3. The first-order chi connectivity index (χ1) is 24.0. The predicted octanol–water partition coefficient (Wildman–Crippen LogP) is 6.33. The van der Waals surface area contributed by atoms with Crippen LogP contribution in [0.15, 0.2) is 90.3 Å². The monoisotopic (exact) mass is 708 g/mol. The zero-order valence-corrected chi connectivity index (χ0v) is 28.5. The van der Waals surface area contributed by atoms with Gasteiger partial charge < -0.3 is 29.4 Å². The molecule has 3 aromatic carbocycles. The molecule has 4 aromatic rings. The molecule has 2 amide bonds. The molecule has 2 N–H and O–H groups in total. The maximum absolute atomic E-state index is 13.0. The van der Waals surface area contributed by atoms with Crippen LogP contribution in [-0.2, 0) is 39.3 Å². The molecule has 6 rings (SSSR count). The molecular formula is C37H39F3N4O5S. The lowest BCUT2D eigenvalue weighted by Gasteiger charge is -2.41. The minimum absolute atomic E-state index is 0.0309. The molecule has 5 unspecified atom stereocenters. The van der Waals surface area contributed by atoms with Crippen molar-refractivity contribution >= 4 is 23.6 Å². The van der Waals surface area contributed by atoms with E-state index in [9.17, 15) is 27.9 Å². The fourth-order valence-electron chi connectivity index (χ4n) is 6.40. The summed E-state index contributed by atoms with van der Waals surface area (Å²) in [5, 5.41) is 13.1. The summed E-state index contributed by atoms with van der Waals surface area (Å²) in [6.45, 7) is 2.10. The summed E-state index contributed by atoms with van der Waals surface area (Å²) in [6.07, 6.45) is -1.83. The first kappa shape index (κ1) is 35.6. The Morgan fingerprint density at radius 1 is 1.00 bits per heavy atom. The lowest BCUT2D eigenvalue weighted by Crippen LogP contribution is -2.50. The zero-order valence-electron chi connectivity index (χ0n) is 27.7. The van der Waals surface area contributed by atoms with Crippen LogP contribution in [-0.4, -0.2) is 62.0 Å². The van der Waals surface area contributed by atoms with Crippen LogP contribution >= 0.6 is 11.8 Å². The smallest absolute Gasteiger partial charge is 0.392 e. The molecule has 0 aliphatic carbocycles. The number of halogens is 3. The van der Waals surface area contributed by atoms with E-state index in [0.717, 1.165) is 38.5 Å². The number of aliphatic hydroxyl groups is 1. The summed E-state index contributed by atoms with van der Waals surface area (Å²) in [5.74, 6) is -1.87. The molecule has 5 atom stereocenters. The summed E-state index contributed by atoms with van der Waals surface area (Å²) in [7, 11) is 1.96. The van der Waals surface area contributed by atoms with E-state index < -0.39 is 30.3 Å². The molecule has 2 aliphatic heterocycles. The third-order valence-corrected chi connectivity index (χ3v) is 10.4. The Morgan fingerprint density at radius 2 is 1.74 bits per heavy atom. The van der Waals surface area contributed by atoms with E-state index in [0.29, 0.717) is 17.1 Å². The van der Waals surface area contributed by atoms with Crippen LogP contribution in [0.3, 0.4) is 0 Å². The number of likely N-dealkylation sites (tertiary alicyclic amines) is 1. The van der Waals surface area contributed by atoms with Crippen molar-refractivity contribution in [1.29, 1.82) is 0 Å². The highest BCUT2D eigenvalue weighted by Gasteiger charge is 2.47. The molecule has 9 nitrogen and oxygen atoms in total. The number of aromatic nitrogens is 2. The van der Waals surface area contributed by atoms with E-state index in [2.05, 4.69) is 17.2 Å². The standard InChI is InChI=1S/C37H39F3N4O5S/c1-23-31(22-50-36-41-16-18-43(36)2)48-34(49-32(23)27-10-8-24(21-45)9-11-27)28-14-12-26(13-15-28)29-6-3-5-25(19-29)20-42-33(46)30-7-4-17-44(30)35(47)37(38,39)40/h3,5-6,8-16,18-19,23,30-32,34,45H,4,7,17,20-22H2,1-2H3,(H,42,46). The number of imidazole rings is 1. The molecular weight excluding hydrogens is 669 g/mol. The normalized spacial score (nSPS) is 22.4. The van der Waals surface area contributed by atoms with Crippen molar-refractivity contribution in [2.24, 2.45) is 13.0 Å². The number of amides is 2. The quantitative estimate of drug-likeness (QED) is 0.186. The van der Waals surface area contributed by atoms with Crippen molar-refractivity contribution < 1.29 is 37.3 Å². The van der Waals surface area contributed by atoms with E-state index in [1.165, 1.54) is 0 Å². The van der Waals surface area contributed by atoms with Gasteiger partial charge in [-0.15, -0.1) is 0 Å². The molecule has 13 heteroatoms. The van der Waals surface area contributed by atoms with Gasteiger partial charge in [-0.2, -0.15) is 13.2 Å². The second-order valence-corrected chi connectivity index (χ2v) is 13.6. The number of aliphatic hydroxyl groups excluding tert-OH is 1. The van der Waals surface area contributed by atoms with Crippen LogP contribution in [0.5, 0.6) is 0 Å². The average molecular weight is 709 g/mol. The van der Waals surface area contributed by atoms with E-state index in [4.69, 9.17) is 9.47 Å². The summed E-state index contributed by atoms with van der Waals surface area (Å²) >= 11 is 1.63. The summed E-state index contributed by atoms with van der Waals surface area (Å²) in [4.78, 5) is 29.6. The van der Waals surface area contributed by atoms with Crippen molar-refractivity contribution in [2.75, 3.05) is 12.3 Å². The number of thioether (sulfide) groups is 1. The van der Waals surface area contributed by atoms with Crippen molar-refractivity contribution in [2.45, 2.75) is 68.8 Å². The Hall–Kier alpha value is -4.17. The van der Waals surface area contributed by atoms with E-state index >= 15 is 0 Å². The number of ether oxygens (including phenoxy) is 2. The highest BCUT2D eigenvalue weighted by molar-refractivity contribution is 7.99. The Labute approximate surface area is 292 Å². The maximum Gasteiger partial charge on any atom is 0.471 e. The summed E-state index contributed by atoms with van der Waals surface area (Å²) < 4.78 is 54.2. The first-order valence-electron chi connectivity index (χ1n) is 16.5. The Morgan fingerprint density at radius 3 is 2.42 bits per heavy atom. The maximum atomic E-state index is 13.0. The van der Waals surface area contributed by atoms with Gasteiger partial charge >= 0.3 is 12.1 Å². The molecule has 0 bridgehead atoms. The predicted molar refractivity (Wildman–Crippen MR) is 181 cm³/mol. The first-order valence-corrected chi connectivity index (χ1v) is 17.5. The van der Waals surface area contributed by atoms with Crippen LogP contribution in [0.25, 0.3) is 11.1 Å². The third kappa shape index (κ3) is 8.07. The molecule has 3 heterocycles. The van der Waals surface area contributed by atoms with Gasteiger partial charge in [0.15, 0.2) is 11.4 Å². The van der Waals surface area contributed by atoms with E-state index in [1.54, 1.807) is 18.0 Å². The number of nitrogens with zero attached hydrogens (tertiary/aromatic N) is 3. The summed E-state index contributed by atoms with van der Waals surface area (Å²) in [6, 6.07) is 22.0. The minimum atomic E-state index is -5.02. The van der Waals surface area contributed by atoms with Gasteiger partial charge in [0, 0.05) is 49.8 Å². The second-order valence-electron chi connectivity index (χ2n) is 12.6. The average Bonchev–Trinajstić information content (AvgIpc) is 3.79. The van der Waals surface area contributed by atoms with Gasteiger partial charge in [-0.3, -0.25) is 9.59 Å². The molecule has 50 heavy (non-hydrogen) atoms. The van der Waals surface area contributed by atoms with Crippen LogP contribution < -0.4 is 5.32 Å². The fraction of sp³-hybridized carbons (Fsp3) is 0.378. The van der Waals surface area contributed by atoms with Crippen molar-refractivity contribution in [1.82, 2.24) is 19.8 Å². The zero-order chi connectivity index (χ0) is 35.4. The molecule has 0 saturated carbocycles. The van der Waals surface area contributed by atoms with Gasteiger partial charge in [0.1, 0.15) is 6.04 Å². The highest BCUT2D eigenvalue weighted by Crippen LogP contribution is 2.43. The SMILES string of the molecule is CC1C(CSc2nccn2C)OC(c2ccc(-c3cccc(CNC(=O)C4CCCN4C(=O)C(F)(F)F)c3)cc2)OC1c1ccc(CO)cc1. The number of carbonyl (C=O) groups excluding carboxylic acids is 2. The number of rotatable bonds is 10. The van der Waals surface area contributed by atoms with Crippen LogP contribution in [0.2, 0.25) is 0 Å². The lowest BCUT2D eigenvalue weighted by atomic mass is 9.91. The van der Waals surface area contributed by atoms with Crippen LogP contribution in [0, 0.1) is 5.92 Å². The van der Waals surface area contributed by atoms with Crippen LogP contribution in [0.4, 0.5) is 13.2 Å². The number of carbonyl (C=O) groups is 2. The van der Waals surface area contributed by atoms with Gasteiger partial charge in [-0.05, 0) is 46.7 Å². The summed E-state index contributed by atoms with van der Waals surface area (Å²) in [5.41, 5.74) is 5.25. The van der Waals surface area contributed by atoms with Gasteiger partial charge in [0.05, 0.1) is 18.8 Å². The van der Waals surface area contributed by atoms with Gasteiger partial charge in [-0.1, -0.05) is 85.4 Å². The number of alkyl halides is 3. The second kappa shape index (κ2) is 15.4. The minimum Gasteiger partial charge on any atom is -0.392 e. The molecule has 2 fully saturated rings. The molecule has 2 aliphatic rings. The van der Waals surface area contributed by atoms with Gasteiger partial charge in [-0.25, -0.2) is 4.98 Å². The van der Waals surface area contributed by atoms with Gasteiger partial charge in [0.2, 0.25) is 5.91 Å². The molecule has 1 aromatic heterocycles. The van der Waals surface area contributed by atoms with Crippen molar-refractivity contribution in [3.8, 4) is 11.1 Å². The topological polar surface area (TPSA) is 106 Å². The lowest BCUT2D eigenvalue weighted by molar-refractivity contribution is -0.268. The molecule has 264 valence electrons. The fourth-order valence-corrected chi connectivity index (χ4v) is 7.50. The third-order valence-electron chi connectivity index (χ3n) is 9.25. The number of hydrogen-bond donors (Lipinski definition) is 2. The highest BCUT2D eigenvalue weighted by atomic mass is 32.2. The number of hydrogen-bond acceptors (Lipinski definition) is 7. The Kier molecular flexibility index (Phi) is 11.0. The molecule has 0 spiro atoms. The molecule has 0 radical (unpaired) electrons. The molecule has 2 saturated heterocycles. The van der Waals surface area contributed by atoms with Gasteiger partial charge in [0.25, 0.3) is 0 Å². The van der Waals surface area contributed by atoms with E-state index in [1.807, 2.05) is 90.6 Å². The van der Waals surface area contributed by atoms with E-state index in [-0.39, 0.29) is 44.2 Å². The van der Waals surface area contributed by atoms with Crippen molar-refractivity contribution in [3.05, 3.63) is 107 Å².